The third-order valence-corrected chi connectivity index (χ3v) is 13.9. The average molecular weight is 854 g/mol. The van der Waals surface area contributed by atoms with Crippen molar-refractivity contribution in [1.82, 2.24) is 0 Å². The standard InChI is InChI=1S/C65H43NO/c1-4-17-44(18-5-1)45-33-35-46(36-34-45)47-37-39-53(40-38-47)66(54-25-14-19-48(42-54)50-41-49-20-15-32-62-63(49)57(43-50)55-26-11-13-31-61(55)67-62)60-30-16-29-59-64(60)56-27-10-12-28-58(56)65(59,51-21-6-2-7-22-51)52-23-8-3-9-24-52/h1-43H. The van der Waals surface area contributed by atoms with Crippen LogP contribution in [0.2, 0.25) is 0 Å². The second-order valence-corrected chi connectivity index (χ2v) is 17.6. The predicted octanol–water partition coefficient (Wildman–Crippen LogP) is 17.4. The van der Waals surface area contributed by atoms with Crippen LogP contribution in [-0.2, 0) is 5.41 Å². The zero-order chi connectivity index (χ0) is 44.3. The van der Waals surface area contributed by atoms with E-state index in [9.17, 15) is 0 Å². The van der Waals surface area contributed by atoms with E-state index in [1.54, 1.807) is 0 Å². The molecule has 11 aromatic rings. The quantitative estimate of drug-likeness (QED) is 0.151. The molecule has 0 radical (unpaired) electrons. The minimum absolute atomic E-state index is 0.529. The monoisotopic (exact) mass is 853 g/mol. The Balaban J connectivity index is 1.01. The van der Waals surface area contributed by atoms with Crippen molar-refractivity contribution in [2.75, 3.05) is 4.90 Å². The smallest absolute Gasteiger partial charge is 0.135 e. The molecule has 0 fully saturated rings. The van der Waals surface area contributed by atoms with Gasteiger partial charge in [-0.2, -0.15) is 0 Å². The number of hydrogen-bond donors (Lipinski definition) is 0. The van der Waals surface area contributed by atoms with Gasteiger partial charge < -0.3 is 9.64 Å². The maximum Gasteiger partial charge on any atom is 0.135 e. The summed E-state index contributed by atoms with van der Waals surface area (Å²) in [5.41, 5.74) is 19.6. The minimum Gasteiger partial charge on any atom is -0.456 e. The molecule has 67 heavy (non-hydrogen) atoms. The van der Waals surface area contributed by atoms with Crippen LogP contribution in [0.25, 0.3) is 66.4 Å². The van der Waals surface area contributed by atoms with Crippen LogP contribution < -0.4 is 9.64 Å². The van der Waals surface area contributed by atoms with Crippen LogP contribution in [0, 0.1) is 0 Å². The SMILES string of the molecule is c1ccc(-c2ccc(-c3ccc(N(c4cccc(-c5cc6c7c(cccc7c5)Oc5ccccc5-6)c4)c4cccc5c4-c4ccccc4C5(c4ccccc4)c4ccccc4)cc3)cc2)cc1. The lowest BCUT2D eigenvalue weighted by molar-refractivity contribution is 0.487. The zero-order valence-electron chi connectivity index (χ0n) is 36.7. The van der Waals surface area contributed by atoms with E-state index in [0.29, 0.717) is 0 Å². The number of fused-ring (bicyclic) bond motifs is 5. The molecule has 0 amide bonds. The van der Waals surface area contributed by atoms with Gasteiger partial charge in [0.25, 0.3) is 0 Å². The lowest BCUT2D eigenvalue weighted by Crippen LogP contribution is -2.28. The normalized spacial score (nSPS) is 12.7. The maximum atomic E-state index is 6.43. The fraction of sp³-hybridized carbons (Fsp3) is 0.0154. The van der Waals surface area contributed by atoms with E-state index >= 15 is 0 Å². The molecular weight excluding hydrogens is 811 g/mol. The van der Waals surface area contributed by atoms with Gasteiger partial charge in [0.15, 0.2) is 0 Å². The molecule has 2 aliphatic rings. The summed E-state index contributed by atoms with van der Waals surface area (Å²) < 4.78 is 6.43. The highest BCUT2D eigenvalue weighted by atomic mass is 16.5. The van der Waals surface area contributed by atoms with Crippen LogP contribution in [0.4, 0.5) is 17.1 Å². The first kappa shape index (κ1) is 38.7. The first-order valence-corrected chi connectivity index (χ1v) is 23.1. The lowest BCUT2D eigenvalue weighted by Gasteiger charge is -2.34. The van der Waals surface area contributed by atoms with E-state index in [4.69, 9.17) is 4.74 Å². The van der Waals surface area contributed by atoms with Crippen LogP contribution in [0.1, 0.15) is 22.3 Å². The summed E-state index contributed by atoms with van der Waals surface area (Å²) in [6, 6.07) is 95.1. The highest BCUT2D eigenvalue weighted by Crippen LogP contribution is 2.59. The first-order valence-electron chi connectivity index (χ1n) is 23.1. The fourth-order valence-corrected chi connectivity index (χ4v) is 11.0. The molecule has 1 aliphatic heterocycles. The number of para-hydroxylation sites is 1. The van der Waals surface area contributed by atoms with Crippen molar-refractivity contribution >= 4 is 27.8 Å². The number of nitrogens with zero attached hydrogens (tertiary/aromatic N) is 1. The largest absolute Gasteiger partial charge is 0.456 e. The number of hydrogen-bond acceptors (Lipinski definition) is 2. The van der Waals surface area contributed by atoms with Gasteiger partial charge in [-0.05, 0) is 127 Å². The second kappa shape index (κ2) is 15.8. The summed E-state index contributed by atoms with van der Waals surface area (Å²) in [4.78, 5) is 2.47. The highest BCUT2D eigenvalue weighted by Gasteiger charge is 2.47. The minimum atomic E-state index is -0.529. The maximum absolute atomic E-state index is 6.43. The molecule has 2 heteroatoms. The Kier molecular flexibility index (Phi) is 9.11. The van der Waals surface area contributed by atoms with Gasteiger partial charge in [0.1, 0.15) is 11.5 Å². The Labute approximate surface area is 391 Å². The first-order chi connectivity index (χ1) is 33.2. The molecule has 0 saturated heterocycles. The van der Waals surface area contributed by atoms with Crippen LogP contribution in [0.5, 0.6) is 11.5 Å². The van der Waals surface area contributed by atoms with Crippen LogP contribution >= 0.6 is 0 Å². The molecule has 2 nitrogen and oxygen atoms in total. The van der Waals surface area contributed by atoms with Crippen molar-refractivity contribution in [3.05, 3.63) is 283 Å². The summed E-state index contributed by atoms with van der Waals surface area (Å²) in [5, 5.41) is 2.31. The van der Waals surface area contributed by atoms with Gasteiger partial charge in [-0.25, -0.2) is 0 Å². The molecule has 11 aromatic carbocycles. The van der Waals surface area contributed by atoms with Gasteiger partial charge in [0, 0.05) is 27.9 Å². The third-order valence-electron chi connectivity index (χ3n) is 13.9. The van der Waals surface area contributed by atoms with Crippen LogP contribution in [0.3, 0.4) is 0 Å². The predicted molar refractivity (Wildman–Crippen MR) is 278 cm³/mol. The Morgan fingerprint density at radius 2 is 0.851 bits per heavy atom. The molecule has 1 aliphatic carbocycles. The van der Waals surface area contributed by atoms with Crippen molar-refractivity contribution in [3.8, 4) is 67.1 Å². The Morgan fingerprint density at radius 3 is 1.57 bits per heavy atom. The average Bonchev–Trinajstić information content (AvgIpc) is 3.71. The Bertz CT molecular complexity index is 3600. The molecule has 0 saturated carbocycles. The van der Waals surface area contributed by atoms with Crippen molar-refractivity contribution in [1.29, 1.82) is 0 Å². The van der Waals surface area contributed by atoms with E-state index in [1.165, 1.54) is 61.2 Å². The molecule has 314 valence electrons. The molecule has 0 N–H and O–H groups in total. The van der Waals surface area contributed by atoms with Gasteiger partial charge in [-0.15, -0.1) is 0 Å². The van der Waals surface area contributed by atoms with Crippen molar-refractivity contribution in [2.45, 2.75) is 5.41 Å². The number of rotatable bonds is 8. The van der Waals surface area contributed by atoms with Gasteiger partial charge >= 0.3 is 0 Å². The molecule has 0 atom stereocenters. The van der Waals surface area contributed by atoms with E-state index in [-0.39, 0.29) is 0 Å². The third kappa shape index (κ3) is 6.26. The van der Waals surface area contributed by atoms with Gasteiger partial charge in [-0.1, -0.05) is 206 Å². The lowest BCUT2D eigenvalue weighted by atomic mass is 9.68. The molecule has 13 rings (SSSR count). The second-order valence-electron chi connectivity index (χ2n) is 17.6. The van der Waals surface area contributed by atoms with Gasteiger partial charge in [0.2, 0.25) is 0 Å². The summed E-state index contributed by atoms with van der Waals surface area (Å²) in [7, 11) is 0. The van der Waals surface area contributed by atoms with E-state index < -0.39 is 5.41 Å². The molecule has 0 aromatic heterocycles. The number of benzene rings is 11. The van der Waals surface area contributed by atoms with E-state index in [1.807, 2.05) is 6.07 Å². The Morgan fingerprint density at radius 1 is 0.313 bits per heavy atom. The van der Waals surface area contributed by atoms with Gasteiger partial charge in [0.05, 0.1) is 11.1 Å². The molecule has 0 spiro atoms. The van der Waals surface area contributed by atoms with E-state index in [0.717, 1.165) is 56.0 Å². The molecule has 0 unspecified atom stereocenters. The van der Waals surface area contributed by atoms with Crippen molar-refractivity contribution in [2.24, 2.45) is 0 Å². The van der Waals surface area contributed by atoms with Crippen LogP contribution in [0.15, 0.2) is 261 Å². The highest BCUT2D eigenvalue weighted by molar-refractivity contribution is 6.07. The molecule has 1 heterocycles. The van der Waals surface area contributed by atoms with E-state index in [2.05, 4.69) is 260 Å². The summed E-state index contributed by atoms with van der Waals surface area (Å²) in [5.74, 6) is 1.78. The Hall–Kier alpha value is -8.72. The van der Waals surface area contributed by atoms with Gasteiger partial charge in [-0.3, -0.25) is 0 Å². The summed E-state index contributed by atoms with van der Waals surface area (Å²) in [6.45, 7) is 0. The van der Waals surface area contributed by atoms with Crippen molar-refractivity contribution in [3.63, 3.8) is 0 Å². The molecular formula is C65H43NO. The molecule has 0 bridgehead atoms. The van der Waals surface area contributed by atoms with Crippen molar-refractivity contribution < 1.29 is 4.74 Å². The number of anilines is 3. The zero-order valence-corrected chi connectivity index (χ0v) is 36.7. The van der Waals surface area contributed by atoms with Crippen LogP contribution in [-0.4, -0.2) is 0 Å². The summed E-state index contributed by atoms with van der Waals surface area (Å²) in [6.07, 6.45) is 0. The fourth-order valence-electron chi connectivity index (χ4n) is 11.0. The topological polar surface area (TPSA) is 12.5 Å². The number of ether oxygens (including phenoxy) is 1. The summed E-state index contributed by atoms with van der Waals surface area (Å²) >= 11 is 0.